The summed E-state index contributed by atoms with van der Waals surface area (Å²) < 4.78 is 0. The number of hydrogen-bond acceptors (Lipinski definition) is 9. The fourth-order valence-electron chi connectivity index (χ4n) is 4.10. The van der Waals surface area contributed by atoms with E-state index >= 15 is 0 Å². The molecule has 1 saturated heterocycles. The minimum absolute atomic E-state index is 0.0692. The fraction of sp³-hybridized carbons (Fsp3) is 0.417. The van der Waals surface area contributed by atoms with Crippen molar-refractivity contribution in [2.75, 3.05) is 53.6 Å². The predicted molar refractivity (Wildman–Crippen MR) is 132 cm³/mol. The molecule has 4 rings (SSSR count). The van der Waals surface area contributed by atoms with Gasteiger partial charge in [0.15, 0.2) is 0 Å². The van der Waals surface area contributed by atoms with Gasteiger partial charge in [0.1, 0.15) is 17.5 Å². The van der Waals surface area contributed by atoms with Crippen molar-refractivity contribution >= 4 is 34.7 Å². The Morgan fingerprint density at radius 1 is 1.29 bits per heavy atom. The molecule has 0 radical (unpaired) electrons. The minimum Gasteiger partial charge on any atom is -0.393 e. The zero-order chi connectivity index (χ0) is 24.1. The Balaban J connectivity index is 1.56. The van der Waals surface area contributed by atoms with Crippen LogP contribution < -0.4 is 20.9 Å². The molecule has 178 valence electrons. The van der Waals surface area contributed by atoms with Gasteiger partial charge in [0, 0.05) is 37.9 Å². The first-order valence-corrected chi connectivity index (χ1v) is 11.5. The molecule has 0 atom stereocenters. The van der Waals surface area contributed by atoms with Gasteiger partial charge >= 0.3 is 0 Å². The van der Waals surface area contributed by atoms with Crippen LogP contribution in [0.2, 0.25) is 0 Å². The Bertz CT molecular complexity index is 1080. The number of amides is 1. The average Bonchev–Trinajstić information content (AvgIpc) is 2.84. The van der Waals surface area contributed by atoms with Crippen LogP contribution in [0.4, 0.5) is 28.8 Å². The first-order chi connectivity index (χ1) is 16.5. The smallest absolute Gasteiger partial charge is 0.247 e. The summed E-state index contributed by atoms with van der Waals surface area (Å²) in [5, 5.41) is 28.2. The maximum atomic E-state index is 12.1. The summed E-state index contributed by atoms with van der Waals surface area (Å²) in [6, 6.07) is 7.99. The third-order valence-corrected chi connectivity index (χ3v) is 6.24. The highest BCUT2D eigenvalue weighted by atomic mass is 16.3. The van der Waals surface area contributed by atoms with Crippen molar-refractivity contribution in [3.8, 4) is 6.07 Å². The van der Waals surface area contributed by atoms with E-state index in [1.54, 1.807) is 0 Å². The first kappa shape index (κ1) is 23.5. The lowest BCUT2D eigenvalue weighted by molar-refractivity contribution is -0.111. The molecule has 1 saturated carbocycles. The van der Waals surface area contributed by atoms with Crippen LogP contribution in [0.25, 0.3) is 0 Å². The van der Waals surface area contributed by atoms with Crippen LogP contribution in [0.1, 0.15) is 25.3 Å². The topological polar surface area (TPSA) is 129 Å². The van der Waals surface area contributed by atoms with Gasteiger partial charge in [-0.3, -0.25) is 4.79 Å². The molecular weight excluding hydrogens is 432 g/mol. The fourth-order valence-corrected chi connectivity index (χ4v) is 4.10. The Morgan fingerprint density at radius 2 is 2.06 bits per heavy atom. The summed E-state index contributed by atoms with van der Waals surface area (Å²) in [5.41, 5.74) is 2.56. The second-order valence-corrected chi connectivity index (χ2v) is 8.50. The van der Waals surface area contributed by atoms with Crippen LogP contribution in [-0.4, -0.2) is 70.8 Å². The molecule has 10 heteroatoms. The molecule has 1 amide bonds. The lowest BCUT2D eigenvalue weighted by Crippen LogP contribution is -2.46. The van der Waals surface area contributed by atoms with Crippen molar-refractivity contribution in [2.24, 2.45) is 0 Å². The van der Waals surface area contributed by atoms with Crippen LogP contribution >= 0.6 is 0 Å². The van der Waals surface area contributed by atoms with E-state index < -0.39 is 0 Å². The number of anilines is 5. The zero-order valence-electron chi connectivity index (χ0n) is 19.3. The number of hydrogen-bond donors (Lipinski definition) is 4. The molecule has 34 heavy (non-hydrogen) atoms. The van der Waals surface area contributed by atoms with E-state index in [1.165, 1.54) is 12.3 Å². The van der Waals surface area contributed by atoms with E-state index in [9.17, 15) is 15.2 Å². The average molecular weight is 463 g/mol. The normalized spacial score (nSPS) is 20.1. The molecule has 2 fully saturated rings. The Labute approximate surface area is 199 Å². The maximum absolute atomic E-state index is 12.1. The molecular formula is C24H30N8O2. The molecule has 2 heterocycles. The number of carbonyl (C=O) groups is 1. The molecule has 2 aromatic rings. The van der Waals surface area contributed by atoms with Gasteiger partial charge in [-0.05, 0) is 43.7 Å². The zero-order valence-corrected chi connectivity index (χ0v) is 19.3. The molecule has 1 aliphatic carbocycles. The second-order valence-electron chi connectivity index (χ2n) is 8.50. The minimum atomic E-state index is -0.318. The van der Waals surface area contributed by atoms with E-state index in [-0.39, 0.29) is 18.1 Å². The molecule has 1 aliphatic heterocycles. The number of rotatable bonds is 8. The highest BCUT2D eigenvalue weighted by molar-refractivity contribution is 6.01. The predicted octanol–water partition coefficient (Wildman–Crippen LogP) is 2.29. The number of aromatic nitrogens is 2. The lowest BCUT2D eigenvalue weighted by Gasteiger charge is -2.35. The number of benzene rings is 1. The second kappa shape index (κ2) is 10.5. The molecule has 0 spiro atoms. The number of aliphatic hydroxyl groups is 1. The van der Waals surface area contributed by atoms with Crippen molar-refractivity contribution in [1.82, 2.24) is 14.9 Å². The standard InChI is InChI=1S/C24H30N8O2/c1-3-22(34)28-21-13-18(32-9-7-31(4-2)8-10-32)5-6-20(21)29-24-26-15-16(14-25)23(30-24)27-17-11-19(33)12-17/h3,5-6,13,15,17,19,33H,1,4,7-12H2,2H3,(H,28,34)(H2,26,27,29,30). The highest BCUT2D eigenvalue weighted by Gasteiger charge is 2.28. The van der Waals surface area contributed by atoms with E-state index in [2.05, 4.69) is 55.3 Å². The van der Waals surface area contributed by atoms with Gasteiger partial charge in [0.25, 0.3) is 0 Å². The molecule has 1 aromatic heterocycles. The molecule has 2 aliphatic rings. The summed E-state index contributed by atoms with van der Waals surface area (Å²) in [5.74, 6) is 0.390. The largest absolute Gasteiger partial charge is 0.393 e. The number of aliphatic hydroxyl groups excluding tert-OH is 1. The van der Waals surface area contributed by atoms with Crippen LogP contribution in [0.3, 0.4) is 0 Å². The van der Waals surface area contributed by atoms with Crippen molar-refractivity contribution in [2.45, 2.75) is 31.9 Å². The van der Waals surface area contributed by atoms with Gasteiger partial charge < -0.3 is 30.9 Å². The number of likely N-dealkylation sites (N-methyl/N-ethyl adjacent to an activating group) is 1. The third-order valence-electron chi connectivity index (χ3n) is 6.24. The molecule has 1 aromatic carbocycles. The number of carbonyl (C=O) groups excluding carboxylic acids is 1. The van der Waals surface area contributed by atoms with E-state index in [1.807, 2.05) is 18.2 Å². The first-order valence-electron chi connectivity index (χ1n) is 11.5. The SMILES string of the molecule is C=CC(=O)Nc1cc(N2CCN(CC)CC2)ccc1Nc1ncc(C#N)c(NC2CC(O)C2)n1. The molecule has 10 nitrogen and oxygen atoms in total. The van der Waals surface area contributed by atoms with Crippen molar-refractivity contribution in [1.29, 1.82) is 5.26 Å². The lowest BCUT2D eigenvalue weighted by atomic mass is 9.89. The Morgan fingerprint density at radius 3 is 2.71 bits per heavy atom. The van der Waals surface area contributed by atoms with Gasteiger partial charge in [0.05, 0.1) is 23.7 Å². The maximum Gasteiger partial charge on any atom is 0.247 e. The highest BCUT2D eigenvalue weighted by Crippen LogP contribution is 2.31. The monoisotopic (exact) mass is 462 g/mol. The quantitative estimate of drug-likeness (QED) is 0.437. The van der Waals surface area contributed by atoms with Crippen molar-refractivity contribution in [3.63, 3.8) is 0 Å². The van der Waals surface area contributed by atoms with E-state index in [4.69, 9.17) is 0 Å². The van der Waals surface area contributed by atoms with E-state index in [0.29, 0.717) is 41.5 Å². The Kier molecular flexibility index (Phi) is 7.25. The Hall–Kier alpha value is -3.68. The number of nitrogens with one attached hydrogen (secondary N) is 3. The summed E-state index contributed by atoms with van der Waals surface area (Å²) in [6.45, 7) is 10.6. The van der Waals surface area contributed by atoms with Gasteiger partial charge in [-0.1, -0.05) is 13.5 Å². The van der Waals surface area contributed by atoms with Crippen LogP contribution in [-0.2, 0) is 4.79 Å². The summed E-state index contributed by atoms with van der Waals surface area (Å²) in [6.07, 6.45) is 3.59. The van der Waals surface area contributed by atoms with E-state index in [0.717, 1.165) is 38.4 Å². The number of nitrogens with zero attached hydrogens (tertiary/aromatic N) is 5. The van der Waals surface area contributed by atoms with Gasteiger partial charge in [-0.15, -0.1) is 0 Å². The van der Waals surface area contributed by atoms with Gasteiger partial charge in [-0.2, -0.15) is 10.2 Å². The van der Waals surface area contributed by atoms with Crippen molar-refractivity contribution < 1.29 is 9.90 Å². The number of piperazine rings is 1. The summed E-state index contributed by atoms with van der Waals surface area (Å²) in [7, 11) is 0. The molecule has 0 unspecified atom stereocenters. The number of nitriles is 1. The van der Waals surface area contributed by atoms with Crippen molar-refractivity contribution in [3.05, 3.63) is 42.6 Å². The third kappa shape index (κ3) is 5.44. The summed E-state index contributed by atoms with van der Waals surface area (Å²) >= 11 is 0. The van der Waals surface area contributed by atoms with Gasteiger partial charge in [-0.25, -0.2) is 4.98 Å². The molecule has 4 N–H and O–H groups in total. The van der Waals surface area contributed by atoms with Gasteiger partial charge in [0.2, 0.25) is 11.9 Å². The summed E-state index contributed by atoms with van der Waals surface area (Å²) in [4.78, 5) is 25.5. The van der Waals surface area contributed by atoms with Crippen LogP contribution in [0.5, 0.6) is 0 Å². The van der Waals surface area contributed by atoms with Crippen LogP contribution in [0.15, 0.2) is 37.1 Å². The molecule has 0 bridgehead atoms. The van der Waals surface area contributed by atoms with Crippen LogP contribution in [0, 0.1) is 11.3 Å².